The van der Waals surface area contributed by atoms with Crippen LogP contribution in [0.1, 0.15) is 105 Å². The Morgan fingerprint density at radius 2 is 1.60 bits per heavy atom. The third-order valence-corrected chi connectivity index (χ3v) is 10.7. The molecule has 0 radical (unpaired) electrons. The van der Waals surface area contributed by atoms with Crippen molar-refractivity contribution < 1.29 is 57.6 Å². The highest BCUT2D eigenvalue weighted by atomic mass is 31.2. The van der Waals surface area contributed by atoms with Gasteiger partial charge in [-0.2, -0.15) is 0 Å². The van der Waals surface area contributed by atoms with Crippen molar-refractivity contribution in [3.05, 3.63) is 18.2 Å². The van der Waals surface area contributed by atoms with E-state index in [-0.39, 0.29) is 24.7 Å². The lowest BCUT2D eigenvalue weighted by atomic mass is 10.0. The molecule has 6 amide bonds. The van der Waals surface area contributed by atoms with Crippen molar-refractivity contribution in [1.82, 2.24) is 35.7 Å². The molecular formula is C38H66N9O12P. The first-order valence-corrected chi connectivity index (χ1v) is 22.1. The van der Waals surface area contributed by atoms with E-state index in [9.17, 15) is 48.2 Å². The van der Waals surface area contributed by atoms with E-state index in [1.165, 1.54) is 18.0 Å². The number of rotatable bonds is 28. The molecule has 0 spiro atoms. The number of aliphatic hydroxyl groups is 1. The van der Waals surface area contributed by atoms with Crippen LogP contribution in [0.3, 0.4) is 0 Å². The molecule has 1 aromatic rings. The van der Waals surface area contributed by atoms with E-state index in [0.29, 0.717) is 44.1 Å². The minimum Gasteiger partial charge on any atom is -0.396 e. The van der Waals surface area contributed by atoms with Crippen molar-refractivity contribution in [2.45, 2.75) is 149 Å². The number of nitrogens with two attached hydrogens (primary N) is 1. The average molecular weight is 872 g/mol. The lowest BCUT2D eigenvalue weighted by Gasteiger charge is -2.28. The molecule has 1 aliphatic rings. The first kappa shape index (κ1) is 51.7. The molecule has 1 fully saturated rings. The average Bonchev–Trinajstić information content (AvgIpc) is 3.85. The van der Waals surface area contributed by atoms with Crippen molar-refractivity contribution >= 4 is 49.5 Å². The number of imidazole rings is 1. The molecule has 60 heavy (non-hydrogen) atoms. The predicted molar refractivity (Wildman–Crippen MR) is 219 cm³/mol. The summed E-state index contributed by atoms with van der Waals surface area (Å²) < 4.78 is 17.7. The van der Waals surface area contributed by atoms with Crippen molar-refractivity contribution in [2.24, 2.45) is 22.7 Å². The van der Waals surface area contributed by atoms with Crippen LogP contribution in [-0.4, -0.2) is 127 Å². The number of phosphoric ester groups is 1. The van der Waals surface area contributed by atoms with Gasteiger partial charge in [0.15, 0.2) is 0 Å². The standard InChI is InChI=1S/C38H66N9O12P/c1-7-27(8-2)20-41-58-17-12-10-9-11-15-46-23-40-21-28(46)19-30(36(52)44-31(22-48)37(53)45-33(34(39)50)25(5)59-60(55,56)57)42-35(51)29(18-24(3)4)43-38(54)32-14-13-16-47(32)26(6)49/h20-21,23-25,27,29-33,48H,7-19,22H2,1-6H3,(H2,39,50)(H,42,51)(H,43,54)(H,44,52)(H,45,53)(H2,55,56,57)/b41-20+/t25-,29+,30+,31+,32+,33+/m1/s1. The zero-order valence-corrected chi connectivity index (χ0v) is 36.5. The number of phosphoric acid groups is 1. The Kier molecular flexibility index (Phi) is 22.4. The number of primary amides is 1. The van der Waals surface area contributed by atoms with E-state index in [4.69, 9.17) is 10.6 Å². The highest BCUT2D eigenvalue weighted by Gasteiger charge is 2.37. The molecule has 2 heterocycles. The number of carbonyl (C=O) groups is 6. The van der Waals surface area contributed by atoms with Crippen LogP contribution in [0.5, 0.6) is 0 Å². The van der Waals surface area contributed by atoms with Crippen LogP contribution in [0, 0.1) is 11.8 Å². The summed E-state index contributed by atoms with van der Waals surface area (Å²) in [6.07, 6.45) is 9.70. The summed E-state index contributed by atoms with van der Waals surface area (Å²) in [5.41, 5.74) is 5.89. The number of aliphatic hydroxyl groups excluding tert-OH is 1. The highest BCUT2D eigenvalue weighted by Crippen LogP contribution is 2.38. The Hall–Kier alpha value is -4.43. The van der Waals surface area contributed by atoms with E-state index in [2.05, 4.69) is 49.8 Å². The second kappa shape index (κ2) is 26.0. The maximum absolute atomic E-state index is 14.0. The molecule has 1 saturated heterocycles. The molecule has 0 bridgehead atoms. The van der Waals surface area contributed by atoms with Crippen LogP contribution in [0.25, 0.3) is 0 Å². The second-order valence-corrected chi connectivity index (χ2v) is 16.6. The summed E-state index contributed by atoms with van der Waals surface area (Å²) in [6.45, 7) is 10.8. The summed E-state index contributed by atoms with van der Waals surface area (Å²) in [6, 6.07) is -6.79. The number of hydrogen-bond donors (Lipinski definition) is 8. The van der Waals surface area contributed by atoms with Gasteiger partial charge in [0.2, 0.25) is 35.4 Å². The minimum atomic E-state index is -5.11. The van der Waals surface area contributed by atoms with Gasteiger partial charge in [-0.05, 0) is 70.1 Å². The van der Waals surface area contributed by atoms with Gasteiger partial charge in [0.25, 0.3) is 0 Å². The number of amides is 6. The van der Waals surface area contributed by atoms with Crippen molar-refractivity contribution in [3.8, 4) is 0 Å². The molecule has 0 saturated carbocycles. The third-order valence-electron chi connectivity index (χ3n) is 10.1. The van der Waals surface area contributed by atoms with Gasteiger partial charge in [0, 0.05) is 44.5 Å². The van der Waals surface area contributed by atoms with Crippen LogP contribution in [0.2, 0.25) is 0 Å². The van der Waals surface area contributed by atoms with Crippen LogP contribution in [0.15, 0.2) is 17.7 Å². The van der Waals surface area contributed by atoms with Gasteiger partial charge in [-0.1, -0.05) is 39.3 Å². The molecule has 1 aromatic heterocycles. The Morgan fingerprint density at radius 1 is 0.967 bits per heavy atom. The molecule has 9 N–H and O–H groups in total. The fraction of sp³-hybridized carbons (Fsp3) is 0.737. The van der Waals surface area contributed by atoms with E-state index >= 15 is 0 Å². The lowest BCUT2D eigenvalue weighted by molar-refractivity contribution is -0.139. The number of hydrogen-bond acceptors (Lipinski definition) is 12. The van der Waals surface area contributed by atoms with Crippen LogP contribution < -0.4 is 27.0 Å². The van der Waals surface area contributed by atoms with Crippen molar-refractivity contribution in [3.63, 3.8) is 0 Å². The summed E-state index contributed by atoms with van der Waals surface area (Å²) in [7, 11) is -5.11. The molecular weight excluding hydrogens is 805 g/mol. The Bertz CT molecular complexity index is 1630. The highest BCUT2D eigenvalue weighted by molar-refractivity contribution is 7.46. The van der Waals surface area contributed by atoms with Crippen molar-refractivity contribution in [2.75, 3.05) is 19.8 Å². The van der Waals surface area contributed by atoms with E-state index in [0.717, 1.165) is 45.4 Å². The van der Waals surface area contributed by atoms with E-state index in [1.807, 2.05) is 24.6 Å². The zero-order chi connectivity index (χ0) is 45.0. The van der Waals surface area contributed by atoms with Gasteiger partial charge in [0.05, 0.1) is 19.0 Å². The summed E-state index contributed by atoms with van der Waals surface area (Å²) in [4.78, 5) is 108. The molecule has 0 aromatic carbocycles. The topological polar surface area (TPSA) is 306 Å². The summed E-state index contributed by atoms with van der Waals surface area (Å²) in [5.74, 6) is -4.50. The summed E-state index contributed by atoms with van der Waals surface area (Å²) >= 11 is 0. The van der Waals surface area contributed by atoms with E-state index in [1.54, 1.807) is 6.33 Å². The second-order valence-electron chi connectivity index (χ2n) is 15.4. The molecule has 340 valence electrons. The largest absolute Gasteiger partial charge is 0.469 e. The fourth-order valence-corrected chi connectivity index (χ4v) is 7.25. The van der Waals surface area contributed by atoms with Gasteiger partial charge < -0.3 is 56.2 Å². The number of carbonyl (C=O) groups excluding carboxylic acids is 6. The molecule has 6 atom stereocenters. The van der Waals surface area contributed by atoms with Gasteiger partial charge in [0.1, 0.15) is 36.8 Å². The monoisotopic (exact) mass is 871 g/mol. The van der Waals surface area contributed by atoms with Gasteiger partial charge in [-0.3, -0.25) is 33.3 Å². The quantitative estimate of drug-likeness (QED) is 0.0245. The smallest absolute Gasteiger partial charge is 0.396 e. The van der Waals surface area contributed by atoms with Crippen LogP contribution >= 0.6 is 7.82 Å². The molecule has 1 aliphatic heterocycles. The zero-order valence-electron chi connectivity index (χ0n) is 35.6. The Labute approximate surface area is 351 Å². The first-order chi connectivity index (χ1) is 28.3. The maximum atomic E-state index is 14.0. The minimum absolute atomic E-state index is 0.0892. The molecule has 22 heteroatoms. The third kappa shape index (κ3) is 18.0. The van der Waals surface area contributed by atoms with E-state index < -0.39 is 80.3 Å². The molecule has 21 nitrogen and oxygen atoms in total. The normalized spacial score (nSPS) is 16.9. The molecule has 0 unspecified atom stereocenters. The summed E-state index contributed by atoms with van der Waals surface area (Å²) in [5, 5.41) is 24.2. The Balaban J connectivity index is 2.27. The number of oxime groups is 1. The maximum Gasteiger partial charge on any atom is 0.469 e. The molecule has 2 rings (SSSR count). The number of aromatic nitrogens is 2. The predicted octanol–water partition coefficient (Wildman–Crippen LogP) is 0.396. The lowest BCUT2D eigenvalue weighted by Crippen LogP contribution is -2.61. The van der Waals surface area contributed by atoms with Gasteiger partial charge in [-0.25, -0.2) is 9.55 Å². The molecule has 0 aliphatic carbocycles. The van der Waals surface area contributed by atoms with Gasteiger partial charge >= 0.3 is 7.82 Å². The fourth-order valence-electron chi connectivity index (χ4n) is 6.70. The van der Waals surface area contributed by atoms with Gasteiger partial charge in [-0.15, -0.1) is 0 Å². The van der Waals surface area contributed by atoms with Crippen molar-refractivity contribution in [1.29, 1.82) is 0 Å². The number of nitrogens with zero attached hydrogens (tertiary/aromatic N) is 4. The van der Waals surface area contributed by atoms with Crippen LogP contribution in [0.4, 0.5) is 0 Å². The number of nitrogens with one attached hydrogen (secondary N) is 4. The number of likely N-dealkylation sites (tertiary alicyclic amines) is 1. The number of aryl methyl sites for hydroxylation is 1. The Morgan fingerprint density at radius 3 is 2.20 bits per heavy atom. The number of unbranched alkanes of at least 4 members (excludes halogenated alkanes) is 3. The first-order valence-electron chi connectivity index (χ1n) is 20.6. The van der Waals surface area contributed by atoms with Crippen LogP contribution in [-0.2, 0) is 55.7 Å². The SMILES string of the molecule is CCC(/C=N/OCCCCCCn1cncc1C[C@H](NC(=O)[C@H](CC(C)C)NC(=O)[C@@H]1CCCN1C(C)=O)C(=O)N[C@@H](CO)C(=O)N[C@H](C(N)=O)[C@@H](C)OP(=O)(O)O)CC.